The van der Waals surface area contributed by atoms with Crippen molar-refractivity contribution in [1.29, 1.82) is 0 Å². The van der Waals surface area contributed by atoms with Gasteiger partial charge in [-0.05, 0) is 24.3 Å². The number of carbonyl (C=O) groups is 1. The maximum absolute atomic E-state index is 11.6. The number of carbonyl (C=O) groups excluding carboxylic acids is 1. The normalized spacial score (nSPS) is 9.89. The van der Waals surface area contributed by atoms with Crippen LogP contribution in [0.4, 0.5) is 0 Å². The van der Waals surface area contributed by atoms with E-state index in [-0.39, 0.29) is 28.7 Å². The first-order chi connectivity index (χ1) is 8.77. The fourth-order valence-electron chi connectivity index (χ4n) is 1.41. The quantitative estimate of drug-likeness (QED) is 0.518. The van der Waals surface area contributed by atoms with Crippen LogP contribution >= 0.6 is 0 Å². The molecule has 0 saturated heterocycles. The fourth-order valence-corrected chi connectivity index (χ4v) is 1.41. The van der Waals surface area contributed by atoms with E-state index in [1.807, 2.05) is 6.07 Å². The molecule has 2 aromatic carbocycles. The Bertz CT molecular complexity index is 571. The number of benzene rings is 2. The van der Waals surface area contributed by atoms with E-state index in [0.29, 0.717) is 11.1 Å². The molecule has 0 bridgehead atoms. The summed E-state index contributed by atoms with van der Waals surface area (Å²) >= 11 is 0. The minimum atomic E-state index is -0.290. The van der Waals surface area contributed by atoms with Gasteiger partial charge in [-0.3, -0.25) is 4.79 Å². The summed E-state index contributed by atoms with van der Waals surface area (Å²) in [6, 6.07) is 15.5. The van der Waals surface area contributed by atoms with Gasteiger partial charge in [0, 0.05) is 28.2 Å². The molecule has 0 atom stereocenters. The second-order valence-corrected chi connectivity index (χ2v) is 3.62. The van der Waals surface area contributed by atoms with Crippen molar-refractivity contribution in [3.05, 3.63) is 65.7 Å². The number of para-hydroxylation sites is 1. The van der Waals surface area contributed by atoms with Crippen LogP contribution in [0.25, 0.3) is 0 Å². The minimum absolute atomic E-state index is 0. The summed E-state index contributed by atoms with van der Waals surface area (Å²) in [6.07, 6.45) is 1.40. The van der Waals surface area contributed by atoms with E-state index in [1.54, 1.807) is 48.5 Å². The van der Waals surface area contributed by atoms with E-state index in [4.69, 9.17) is 0 Å². The summed E-state index contributed by atoms with van der Waals surface area (Å²) in [5.74, 6) is -0.169. The molecule has 0 saturated carbocycles. The average molecular weight is 304 g/mol. The second kappa shape index (κ2) is 7.36. The summed E-state index contributed by atoms with van der Waals surface area (Å²) in [5, 5.41) is 13.3. The Balaban J connectivity index is 0.00000180. The van der Waals surface area contributed by atoms with Crippen molar-refractivity contribution in [3.8, 4) is 5.75 Å². The van der Waals surface area contributed by atoms with Crippen LogP contribution in [0.15, 0.2) is 59.7 Å². The third-order valence-electron chi connectivity index (χ3n) is 2.34. The Morgan fingerprint density at radius 3 is 2.37 bits per heavy atom. The number of amides is 1. The second-order valence-electron chi connectivity index (χ2n) is 3.62. The van der Waals surface area contributed by atoms with E-state index < -0.39 is 0 Å². The SMILES string of the molecule is O=C(NN=Cc1ccccc1O)c1ccccc1.[Cu]. The first kappa shape index (κ1) is 15.0. The molecular weight excluding hydrogens is 292 g/mol. The molecule has 19 heavy (non-hydrogen) atoms. The maximum Gasteiger partial charge on any atom is 0.271 e. The molecule has 101 valence electrons. The van der Waals surface area contributed by atoms with Gasteiger partial charge in [-0.15, -0.1) is 0 Å². The van der Waals surface area contributed by atoms with Crippen molar-refractivity contribution in [2.75, 3.05) is 0 Å². The fraction of sp³-hybridized carbons (Fsp3) is 0. The first-order valence-electron chi connectivity index (χ1n) is 5.44. The first-order valence-corrected chi connectivity index (χ1v) is 5.44. The van der Waals surface area contributed by atoms with Crippen molar-refractivity contribution in [2.45, 2.75) is 0 Å². The van der Waals surface area contributed by atoms with Crippen LogP contribution in [0.5, 0.6) is 5.75 Å². The number of hydrogen-bond donors (Lipinski definition) is 2. The molecule has 2 rings (SSSR count). The Kier molecular flexibility index (Phi) is 5.79. The van der Waals surface area contributed by atoms with Gasteiger partial charge in [0.1, 0.15) is 5.75 Å². The van der Waals surface area contributed by atoms with E-state index >= 15 is 0 Å². The van der Waals surface area contributed by atoms with Gasteiger partial charge < -0.3 is 5.11 Å². The summed E-state index contributed by atoms with van der Waals surface area (Å²) in [5.41, 5.74) is 3.48. The van der Waals surface area contributed by atoms with Gasteiger partial charge >= 0.3 is 0 Å². The van der Waals surface area contributed by atoms with Crippen LogP contribution < -0.4 is 5.43 Å². The van der Waals surface area contributed by atoms with Gasteiger partial charge in [0.25, 0.3) is 5.91 Å². The van der Waals surface area contributed by atoms with Crippen molar-refractivity contribution >= 4 is 12.1 Å². The number of phenols is 1. The Morgan fingerprint density at radius 2 is 1.68 bits per heavy atom. The Hall–Kier alpha value is -2.10. The van der Waals surface area contributed by atoms with E-state index in [9.17, 15) is 9.90 Å². The molecule has 2 N–H and O–H groups in total. The van der Waals surface area contributed by atoms with Gasteiger partial charge in [-0.1, -0.05) is 30.3 Å². The van der Waals surface area contributed by atoms with E-state index in [2.05, 4.69) is 10.5 Å². The molecule has 0 fully saturated rings. The van der Waals surface area contributed by atoms with Gasteiger partial charge in [0.15, 0.2) is 0 Å². The molecule has 0 aromatic heterocycles. The molecule has 0 aliphatic carbocycles. The van der Waals surface area contributed by atoms with Crippen molar-refractivity contribution in [1.82, 2.24) is 5.43 Å². The molecule has 0 spiro atoms. The smallest absolute Gasteiger partial charge is 0.271 e. The maximum atomic E-state index is 11.6. The number of rotatable bonds is 3. The predicted molar refractivity (Wildman–Crippen MR) is 69.6 cm³/mol. The molecule has 4 nitrogen and oxygen atoms in total. The molecule has 1 amide bonds. The van der Waals surface area contributed by atoms with Crippen LogP contribution in [-0.2, 0) is 17.1 Å². The van der Waals surface area contributed by atoms with Gasteiger partial charge in [0.05, 0.1) is 6.21 Å². The summed E-state index contributed by atoms with van der Waals surface area (Å²) < 4.78 is 0. The number of phenolic OH excluding ortho intramolecular Hbond substituents is 1. The topological polar surface area (TPSA) is 61.7 Å². The van der Waals surface area contributed by atoms with Gasteiger partial charge in [-0.2, -0.15) is 5.10 Å². The number of hydrogen-bond acceptors (Lipinski definition) is 3. The zero-order valence-electron chi connectivity index (χ0n) is 9.88. The Morgan fingerprint density at radius 1 is 1.05 bits per heavy atom. The van der Waals surface area contributed by atoms with Gasteiger partial charge in [0.2, 0.25) is 0 Å². The third-order valence-corrected chi connectivity index (χ3v) is 2.34. The number of nitrogens with one attached hydrogen (secondary N) is 1. The zero-order valence-corrected chi connectivity index (χ0v) is 10.8. The number of hydrazone groups is 1. The van der Waals surface area contributed by atoms with Crippen LogP contribution in [-0.4, -0.2) is 17.2 Å². The van der Waals surface area contributed by atoms with Crippen LogP contribution in [0, 0.1) is 0 Å². The molecule has 1 radical (unpaired) electrons. The van der Waals surface area contributed by atoms with Crippen molar-refractivity contribution < 1.29 is 27.0 Å². The van der Waals surface area contributed by atoms with Gasteiger partial charge in [-0.25, -0.2) is 5.43 Å². The molecule has 2 aromatic rings. The standard InChI is InChI=1S/C14H12N2O2.Cu/c17-13-9-5-4-8-12(13)10-15-16-14(18)11-6-2-1-3-7-11;/h1-10,17H,(H,16,18);. The summed E-state index contributed by atoms with van der Waals surface area (Å²) in [7, 11) is 0. The molecule has 5 heteroatoms. The monoisotopic (exact) mass is 303 g/mol. The molecule has 0 aliphatic heterocycles. The molecular formula is C14H12CuN2O2. The van der Waals surface area contributed by atoms with Crippen molar-refractivity contribution in [3.63, 3.8) is 0 Å². The largest absolute Gasteiger partial charge is 0.507 e. The molecule has 0 aliphatic rings. The predicted octanol–water partition coefficient (Wildman–Crippen LogP) is 2.15. The average Bonchev–Trinajstić information content (AvgIpc) is 2.42. The molecule has 0 unspecified atom stereocenters. The number of aromatic hydroxyl groups is 1. The van der Waals surface area contributed by atoms with E-state index in [0.717, 1.165) is 0 Å². The zero-order chi connectivity index (χ0) is 12.8. The van der Waals surface area contributed by atoms with Crippen LogP contribution in [0.2, 0.25) is 0 Å². The van der Waals surface area contributed by atoms with Crippen molar-refractivity contribution in [2.24, 2.45) is 5.10 Å². The Labute approximate surface area is 121 Å². The molecule has 0 heterocycles. The van der Waals surface area contributed by atoms with Crippen LogP contribution in [0.3, 0.4) is 0 Å². The summed E-state index contributed by atoms with van der Waals surface area (Å²) in [4.78, 5) is 11.6. The minimum Gasteiger partial charge on any atom is -0.507 e. The number of nitrogens with zero attached hydrogens (tertiary/aromatic N) is 1. The van der Waals surface area contributed by atoms with E-state index in [1.165, 1.54) is 6.21 Å². The third kappa shape index (κ3) is 4.25. The van der Waals surface area contributed by atoms with Crippen LogP contribution in [0.1, 0.15) is 15.9 Å². The summed E-state index contributed by atoms with van der Waals surface area (Å²) in [6.45, 7) is 0.